The molecule has 0 radical (unpaired) electrons. The lowest BCUT2D eigenvalue weighted by molar-refractivity contribution is -0.139. The molecule has 27 heavy (non-hydrogen) atoms. The molecule has 6 nitrogen and oxygen atoms in total. The van der Waals surface area contributed by atoms with Crippen LogP contribution in [0.25, 0.3) is 0 Å². The van der Waals surface area contributed by atoms with Gasteiger partial charge in [-0.1, -0.05) is 12.1 Å². The lowest BCUT2D eigenvalue weighted by Crippen LogP contribution is -2.15. The second-order valence-corrected chi connectivity index (χ2v) is 5.46. The van der Waals surface area contributed by atoms with Gasteiger partial charge in [0, 0.05) is 6.07 Å². The molecule has 1 amide bonds. The first-order valence-electron chi connectivity index (χ1n) is 7.67. The largest absolute Gasteiger partial charge is 0.494 e. The summed E-state index contributed by atoms with van der Waals surface area (Å²) >= 11 is 0. The average Bonchev–Trinajstić information content (AvgIpc) is 2.60. The smallest absolute Gasteiger partial charge is 0.416 e. The van der Waals surface area contributed by atoms with Gasteiger partial charge >= 0.3 is 12.1 Å². The molecule has 0 atom stereocenters. The highest BCUT2D eigenvalue weighted by atomic mass is 19.4. The van der Waals surface area contributed by atoms with E-state index < -0.39 is 30.2 Å². The molecule has 0 aliphatic heterocycles. The molecule has 0 saturated carbocycles. The predicted molar refractivity (Wildman–Crippen MR) is 89.9 cm³/mol. The summed E-state index contributed by atoms with van der Waals surface area (Å²) in [6.07, 6.45) is -4.56. The van der Waals surface area contributed by atoms with E-state index in [0.717, 1.165) is 12.1 Å². The van der Waals surface area contributed by atoms with Crippen LogP contribution in [0.5, 0.6) is 11.5 Å². The summed E-state index contributed by atoms with van der Waals surface area (Å²) in [5.41, 5.74) is -0.0526. The number of carbonyl (C=O) groups is 2. The molecule has 0 spiro atoms. The minimum Gasteiger partial charge on any atom is -0.494 e. The van der Waals surface area contributed by atoms with Gasteiger partial charge in [0.25, 0.3) is 0 Å². The fourth-order valence-electron chi connectivity index (χ4n) is 2.20. The normalized spacial score (nSPS) is 11.0. The molecule has 0 aliphatic rings. The number of amides is 1. The van der Waals surface area contributed by atoms with Crippen molar-refractivity contribution in [3.05, 3.63) is 53.6 Å². The number of hydrogen-bond donors (Lipinski definition) is 2. The monoisotopic (exact) mass is 383 g/mol. The molecule has 0 heterocycles. The number of nitrogens with one attached hydrogen (secondary N) is 1. The zero-order valence-corrected chi connectivity index (χ0v) is 14.2. The van der Waals surface area contributed by atoms with E-state index in [1.165, 1.54) is 37.4 Å². The summed E-state index contributed by atoms with van der Waals surface area (Å²) in [5, 5.41) is 11.2. The summed E-state index contributed by atoms with van der Waals surface area (Å²) in [5.74, 6) is -1.09. The molecule has 0 aliphatic carbocycles. The maximum atomic E-state index is 12.5. The van der Waals surface area contributed by atoms with Crippen LogP contribution >= 0.6 is 0 Å². The highest BCUT2D eigenvalue weighted by Crippen LogP contribution is 2.30. The molecule has 2 rings (SSSR count). The number of carbonyl (C=O) groups excluding carboxylic acids is 1. The summed E-state index contributed by atoms with van der Waals surface area (Å²) in [6.45, 7) is -0.525. The third-order valence-corrected chi connectivity index (χ3v) is 3.46. The highest BCUT2D eigenvalue weighted by Gasteiger charge is 2.29. The Balaban J connectivity index is 2.03. The number of methoxy groups -OCH3 is 1. The summed E-state index contributed by atoms with van der Waals surface area (Å²) in [6, 6.07) is 8.65. The van der Waals surface area contributed by atoms with Gasteiger partial charge in [0.1, 0.15) is 11.5 Å². The minimum absolute atomic E-state index is 0.126. The Kier molecular flexibility index (Phi) is 6.27. The molecule has 0 fully saturated rings. The molecule has 0 saturated heterocycles. The van der Waals surface area contributed by atoms with Crippen LogP contribution in [0, 0.1) is 0 Å². The minimum atomic E-state index is -4.43. The van der Waals surface area contributed by atoms with Crippen molar-refractivity contribution in [2.24, 2.45) is 0 Å². The Labute approximate surface area is 152 Å². The lowest BCUT2D eigenvalue weighted by atomic mass is 10.1. The first-order valence-corrected chi connectivity index (χ1v) is 7.67. The van der Waals surface area contributed by atoms with Gasteiger partial charge in [0.05, 0.1) is 24.8 Å². The maximum absolute atomic E-state index is 12.5. The van der Waals surface area contributed by atoms with Gasteiger partial charge < -0.3 is 19.9 Å². The van der Waals surface area contributed by atoms with Gasteiger partial charge in [-0.25, -0.2) is 4.79 Å². The molecule has 2 aromatic carbocycles. The summed E-state index contributed by atoms with van der Waals surface area (Å²) in [7, 11) is 1.36. The van der Waals surface area contributed by atoms with Crippen molar-refractivity contribution < 1.29 is 37.3 Å². The number of halogens is 3. The SMILES string of the molecule is COc1cc(OCC(=O)O)ccc1NC(=O)Cc1ccc(C(F)(F)F)cc1. The van der Waals surface area contributed by atoms with Crippen molar-refractivity contribution in [1.82, 2.24) is 0 Å². The van der Waals surface area contributed by atoms with Gasteiger partial charge in [-0.05, 0) is 29.8 Å². The lowest BCUT2D eigenvalue weighted by Gasteiger charge is -2.12. The molecular formula is C18H16F3NO5. The van der Waals surface area contributed by atoms with E-state index in [1.54, 1.807) is 0 Å². The molecule has 0 bridgehead atoms. The Morgan fingerprint density at radius 3 is 2.33 bits per heavy atom. The van der Waals surface area contributed by atoms with Crippen LogP contribution in [0.1, 0.15) is 11.1 Å². The van der Waals surface area contributed by atoms with Crippen molar-refractivity contribution in [1.29, 1.82) is 0 Å². The van der Waals surface area contributed by atoms with E-state index in [0.29, 0.717) is 11.3 Å². The number of anilines is 1. The second-order valence-electron chi connectivity index (χ2n) is 5.46. The van der Waals surface area contributed by atoms with Crippen molar-refractivity contribution >= 4 is 17.6 Å². The molecule has 0 unspecified atom stereocenters. The van der Waals surface area contributed by atoms with Gasteiger partial charge in [0.2, 0.25) is 5.91 Å². The van der Waals surface area contributed by atoms with Crippen LogP contribution in [0.2, 0.25) is 0 Å². The zero-order chi connectivity index (χ0) is 20.0. The van der Waals surface area contributed by atoms with Gasteiger partial charge in [0.15, 0.2) is 6.61 Å². The van der Waals surface area contributed by atoms with Crippen LogP contribution in [0.15, 0.2) is 42.5 Å². The zero-order valence-electron chi connectivity index (χ0n) is 14.2. The number of ether oxygens (including phenoxy) is 2. The van der Waals surface area contributed by atoms with Crippen molar-refractivity contribution in [2.45, 2.75) is 12.6 Å². The van der Waals surface area contributed by atoms with Gasteiger partial charge in [-0.3, -0.25) is 4.79 Å². The predicted octanol–water partition coefficient (Wildman–Crippen LogP) is 3.36. The van der Waals surface area contributed by atoms with E-state index >= 15 is 0 Å². The van der Waals surface area contributed by atoms with Crippen LogP contribution in [0.4, 0.5) is 18.9 Å². The number of rotatable bonds is 7. The molecule has 144 valence electrons. The molecule has 9 heteroatoms. The first kappa shape index (κ1) is 20.1. The van der Waals surface area contributed by atoms with E-state index in [2.05, 4.69) is 5.32 Å². The number of alkyl halides is 3. The standard InChI is InChI=1S/C18H16F3NO5/c1-26-15-9-13(27-10-17(24)25)6-7-14(15)22-16(23)8-11-2-4-12(5-3-11)18(19,20)21/h2-7,9H,8,10H2,1H3,(H,22,23)(H,24,25). The van der Waals surface area contributed by atoms with Gasteiger partial charge in [-0.2, -0.15) is 13.2 Å². The second kappa shape index (κ2) is 8.43. The van der Waals surface area contributed by atoms with Crippen LogP contribution in [-0.2, 0) is 22.2 Å². The number of benzene rings is 2. The van der Waals surface area contributed by atoms with Crippen molar-refractivity contribution in [3.63, 3.8) is 0 Å². The maximum Gasteiger partial charge on any atom is 0.416 e. The molecule has 2 aromatic rings. The van der Waals surface area contributed by atoms with Crippen molar-refractivity contribution in [3.8, 4) is 11.5 Å². The molecular weight excluding hydrogens is 367 g/mol. The topological polar surface area (TPSA) is 84.9 Å². The quantitative estimate of drug-likeness (QED) is 0.766. The Morgan fingerprint density at radius 1 is 1.11 bits per heavy atom. The van der Waals surface area contributed by atoms with Crippen LogP contribution < -0.4 is 14.8 Å². The average molecular weight is 383 g/mol. The van der Waals surface area contributed by atoms with E-state index in [1.807, 2.05) is 0 Å². The van der Waals surface area contributed by atoms with E-state index in [9.17, 15) is 22.8 Å². The van der Waals surface area contributed by atoms with Crippen LogP contribution in [-0.4, -0.2) is 30.7 Å². The summed E-state index contributed by atoms with van der Waals surface area (Å²) in [4.78, 5) is 22.6. The first-order chi connectivity index (χ1) is 12.7. The fraction of sp³-hybridized carbons (Fsp3) is 0.222. The Morgan fingerprint density at radius 2 is 1.78 bits per heavy atom. The third-order valence-electron chi connectivity index (χ3n) is 3.46. The third kappa shape index (κ3) is 5.91. The molecule has 2 N–H and O–H groups in total. The molecule has 0 aromatic heterocycles. The van der Waals surface area contributed by atoms with Crippen LogP contribution in [0.3, 0.4) is 0 Å². The van der Waals surface area contributed by atoms with E-state index in [-0.39, 0.29) is 17.9 Å². The Hall–Kier alpha value is -3.23. The van der Waals surface area contributed by atoms with Crippen molar-refractivity contribution in [2.75, 3.05) is 19.0 Å². The number of hydrogen-bond acceptors (Lipinski definition) is 4. The summed E-state index contributed by atoms with van der Waals surface area (Å²) < 4.78 is 47.8. The number of aliphatic carboxylic acids is 1. The van der Waals surface area contributed by atoms with Gasteiger partial charge in [-0.15, -0.1) is 0 Å². The van der Waals surface area contributed by atoms with E-state index in [4.69, 9.17) is 14.6 Å². The Bertz CT molecular complexity index is 819. The fourth-order valence-corrected chi connectivity index (χ4v) is 2.20. The number of carboxylic acids is 1. The number of carboxylic acid groups (broad SMARTS) is 1. The highest BCUT2D eigenvalue weighted by molar-refractivity contribution is 5.93.